The molecule has 1 aromatic heterocycles. The molecule has 200 valence electrons. The Morgan fingerprint density at radius 3 is 2.51 bits per heavy atom. The first-order valence-electron chi connectivity index (χ1n) is 12.7. The average molecular weight is 547 g/mol. The van der Waals surface area contributed by atoms with Crippen molar-refractivity contribution in [3.8, 4) is 11.5 Å². The van der Waals surface area contributed by atoms with Gasteiger partial charge in [0.1, 0.15) is 11.6 Å². The van der Waals surface area contributed by atoms with Crippen LogP contribution >= 0.6 is 11.3 Å². The minimum Gasteiger partial charge on any atom is -0.507 e. The number of anilines is 1. The number of carbonyl (C=O) groups is 2. The fraction of sp³-hybridized carbons (Fsp3) is 0.233. The number of nitrogens with zero attached hydrogens (tertiary/aromatic N) is 2. The van der Waals surface area contributed by atoms with Gasteiger partial charge >= 0.3 is 5.91 Å². The number of thiazole rings is 1. The lowest BCUT2D eigenvalue weighted by Crippen LogP contribution is -2.29. The summed E-state index contributed by atoms with van der Waals surface area (Å²) in [4.78, 5) is 32.8. The maximum Gasteiger partial charge on any atom is 0.301 e. The van der Waals surface area contributed by atoms with Crippen molar-refractivity contribution in [1.82, 2.24) is 4.98 Å². The number of benzene rings is 3. The summed E-state index contributed by atoms with van der Waals surface area (Å²) >= 11 is 1.09. The van der Waals surface area contributed by atoms with Crippen LogP contribution in [0.5, 0.6) is 11.5 Å². The highest BCUT2D eigenvalue weighted by atomic mass is 32.1. The smallest absolute Gasteiger partial charge is 0.301 e. The molecule has 0 radical (unpaired) electrons. The molecule has 1 N–H and O–H groups in total. The minimum absolute atomic E-state index is 0.0704. The van der Waals surface area contributed by atoms with Gasteiger partial charge in [-0.1, -0.05) is 54.2 Å². The number of aliphatic hydroxyl groups is 1. The summed E-state index contributed by atoms with van der Waals surface area (Å²) in [5.41, 5.74) is 2.34. The van der Waals surface area contributed by atoms with E-state index in [4.69, 9.17) is 9.47 Å². The van der Waals surface area contributed by atoms with E-state index in [-0.39, 0.29) is 16.5 Å². The Kier molecular flexibility index (Phi) is 7.34. The van der Waals surface area contributed by atoms with E-state index in [2.05, 4.69) is 4.98 Å². The molecule has 1 fully saturated rings. The summed E-state index contributed by atoms with van der Waals surface area (Å²) < 4.78 is 26.1. The molecule has 0 bridgehead atoms. The van der Waals surface area contributed by atoms with Crippen molar-refractivity contribution in [1.29, 1.82) is 0 Å². The van der Waals surface area contributed by atoms with Gasteiger partial charge in [0.05, 0.1) is 35.0 Å². The second kappa shape index (κ2) is 10.9. The number of rotatable bonds is 8. The van der Waals surface area contributed by atoms with E-state index in [0.717, 1.165) is 23.3 Å². The van der Waals surface area contributed by atoms with Gasteiger partial charge in [-0.15, -0.1) is 0 Å². The van der Waals surface area contributed by atoms with Crippen molar-refractivity contribution in [3.05, 3.63) is 88.7 Å². The number of ether oxygens (including phenoxy) is 2. The number of fused-ring (bicyclic) bond motifs is 1. The van der Waals surface area contributed by atoms with Gasteiger partial charge in [0.25, 0.3) is 5.78 Å². The van der Waals surface area contributed by atoms with E-state index in [0.29, 0.717) is 46.1 Å². The Hall–Kier alpha value is -4.24. The first-order chi connectivity index (χ1) is 18.8. The average Bonchev–Trinajstić information content (AvgIpc) is 3.45. The largest absolute Gasteiger partial charge is 0.507 e. The van der Waals surface area contributed by atoms with Crippen molar-refractivity contribution in [2.24, 2.45) is 0 Å². The van der Waals surface area contributed by atoms with Crippen molar-refractivity contribution >= 4 is 44.1 Å². The molecule has 39 heavy (non-hydrogen) atoms. The number of amides is 1. The molecule has 4 aromatic rings. The molecule has 1 amide bonds. The SMILES string of the molecule is CCCOc1ccc(C2/C(=C(\O)c3ccc(C)cc3)C(=O)C(=O)N2c2nc3ccc(F)cc3s2)cc1OCC. The van der Waals surface area contributed by atoms with Crippen molar-refractivity contribution in [2.75, 3.05) is 18.1 Å². The molecule has 7 nitrogen and oxygen atoms in total. The van der Waals surface area contributed by atoms with Crippen LogP contribution in [0, 0.1) is 12.7 Å². The lowest BCUT2D eigenvalue weighted by atomic mass is 9.95. The standard InChI is InChI=1S/C30H27FN2O5S/c1-4-14-38-22-13-10-19(15-23(22)37-5-2)26-25(27(34)18-8-6-17(3)7-9-18)28(35)29(36)33(26)30-32-21-12-11-20(31)16-24(21)39-30/h6-13,15-16,26,34H,4-5,14H2,1-3H3/b27-25+. The molecule has 1 unspecified atom stereocenters. The molecule has 0 aliphatic carbocycles. The maximum absolute atomic E-state index is 13.9. The summed E-state index contributed by atoms with van der Waals surface area (Å²) in [6.45, 7) is 6.62. The number of aryl methyl sites for hydroxylation is 1. The van der Waals surface area contributed by atoms with Crippen LogP contribution in [0.3, 0.4) is 0 Å². The van der Waals surface area contributed by atoms with Crippen LogP contribution in [0.25, 0.3) is 16.0 Å². The van der Waals surface area contributed by atoms with Gasteiger partial charge in [-0.2, -0.15) is 0 Å². The minimum atomic E-state index is -1.00. The predicted octanol–water partition coefficient (Wildman–Crippen LogP) is 6.56. The zero-order valence-corrected chi connectivity index (χ0v) is 22.5. The summed E-state index contributed by atoms with van der Waals surface area (Å²) in [5, 5.41) is 11.6. The number of aliphatic hydroxyl groups excluding tert-OH is 1. The van der Waals surface area contributed by atoms with Crippen LogP contribution in [0.4, 0.5) is 9.52 Å². The molecule has 0 saturated carbocycles. The molecule has 3 aromatic carbocycles. The normalized spacial score (nSPS) is 16.7. The van der Waals surface area contributed by atoms with E-state index >= 15 is 0 Å². The lowest BCUT2D eigenvalue weighted by Gasteiger charge is -2.24. The number of ketones is 1. The maximum atomic E-state index is 13.9. The third-order valence-corrected chi connectivity index (χ3v) is 7.38. The van der Waals surface area contributed by atoms with Crippen LogP contribution in [-0.4, -0.2) is 35.0 Å². The Balaban J connectivity index is 1.71. The summed E-state index contributed by atoms with van der Waals surface area (Å²) in [6, 6.07) is 15.4. The summed E-state index contributed by atoms with van der Waals surface area (Å²) in [6.07, 6.45) is 0.808. The number of carbonyl (C=O) groups excluding carboxylic acids is 2. The van der Waals surface area contributed by atoms with Gasteiger partial charge < -0.3 is 14.6 Å². The van der Waals surface area contributed by atoms with Gasteiger partial charge in [0.2, 0.25) is 0 Å². The van der Waals surface area contributed by atoms with Crippen LogP contribution < -0.4 is 14.4 Å². The van der Waals surface area contributed by atoms with E-state index < -0.39 is 23.5 Å². The Labute approximate surface area is 229 Å². The zero-order chi connectivity index (χ0) is 27.7. The molecule has 1 saturated heterocycles. The van der Waals surface area contributed by atoms with Crippen molar-refractivity contribution in [3.63, 3.8) is 0 Å². The Morgan fingerprint density at radius 1 is 1.03 bits per heavy atom. The first-order valence-corrected chi connectivity index (χ1v) is 13.5. The Morgan fingerprint density at radius 2 is 1.79 bits per heavy atom. The van der Waals surface area contributed by atoms with Gasteiger partial charge in [0.15, 0.2) is 16.6 Å². The van der Waals surface area contributed by atoms with Gasteiger partial charge in [-0.25, -0.2) is 9.37 Å². The van der Waals surface area contributed by atoms with Crippen LogP contribution in [0.2, 0.25) is 0 Å². The molecular formula is C30H27FN2O5S. The number of hydrogen-bond acceptors (Lipinski definition) is 7. The van der Waals surface area contributed by atoms with Crippen LogP contribution in [0.15, 0.2) is 66.2 Å². The molecule has 5 rings (SSSR count). The van der Waals surface area contributed by atoms with Gasteiger partial charge in [-0.05, 0) is 56.2 Å². The number of aromatic nitrogens is 1. The highest BCUT2D eigenvalue weighted by molar-refractivity contribution is 7.22. The summed E-state index contributed by atoms with van der Waals surface area (Å²) in [7, 11) is 0. The van der Waals surface area contributed by atoms with E-state index in [9.17, 15) is 19.1 Å². The molecule has 2 heterocycles. The second-order valence-corrected chi connectivity index (χ2v) is 10.1. The van der Waals surface area contributed by atoms with Crippen molar-refractivity contribution in [2.45, 2.75) is 33.2 Å². The fourth-order valence-corrected chi connectivity index (χ4v) is 5.51. The monoisotopic (exact) mass is 546 g/mol. The quantitative estimate of drug-likeness (QED) is 0.153. The molecular weight excluding hydrogens is 519 g/mol. The fourth-order valence-electron chi connectivity index (χ4n) is 4.50. The van der Waals surface area contributed by atoms with Crippen molar-refractivity contribution < 1.29 is 28.6 Å². The van der Waals surface area contributed by atoms with E-state index in [1.807, 2.05) is 32.9 Å². The molecule has 0 spiro atoms. The third kappa shape index (κ3) is 4.97. The third-order valence-electron chi connectivity index (χ3n) is 6.36. The number of hydrogen-bond donors (Lipinski definition) is 1. The highest BCUT2D eigenvalue weighted by Crippen LogP contribution is 2.46. The van der Waals surface area contributed by atoms with Crippen LogP contribution in [0.1, 0.15) is 43.0 Å². The Bertz CT molecular complexity index is 1590. The van der Waals surface area contributed by atoms with Gasteiger partial charge in [-0.3, -0.25) is 14.5 Å². The molecule has 1 aliphatic rings. The summed E-state index contributed by atoms with van der Waals surface area (Å²) in [5.74, 6) is -1.41. The zero-order valence-electron chi connectivity index (χ0n) is 21.7. The highest BCUT2D eigenvalue weighted by Gasteiger charge is 2.48. The predicted molar refractivity (Wildman–Crippen MR) is 149 cm³/mol. The molecule has 1 atom stereocenters. The topological polar surface area (TPSA) is 89.0 Å². The number of halogens is 1. The van der Waals surface area contributed by atoms with E-state index in [1.165, 1.54) is 23.1 Å². The molecule has 9 heteroatoms. The van der Waals surface area contributed by atoms with Gasteiger partial charge in [0, 0.05) is 5.56 Å². The lowest BCUT2D eigenvalue weighted by molar-refractivity contribution is -0.132. The number of Topliss-reactive ketones (excluding diaryl/α,β-unsaturated/α-hetero) is 1. The van der Waals surface area contributed by atoms with Crippen LogP contribution in [-0.2, 0) is 9.59 Å². The first kappa shape index (κ1) is 26.4. The molecule has 1 aliphatic heterocycles. The second-order valence-electron chi connectivity index (χ2n) is 9.13. The van der Waals surface area contributed by atoms with E-state index in [1.54, 1.807) is 30.3 Å².